The number of anilines is 1. The maximum absolute atomic E-state index is 14.5. The van der Waals surface area contributed by atoms with Crippen LogP contribution in [0.1, 0.15) is 57.6 Å². The van der Waals surface area contributed by atoms with Gasteiger partial charge in [0.2, 0.25) is 0 Å². The van der Waals surface area contributed by atoms with Crippen molar-refractivity contribution in [3.8, 4) is 0 Å². The summed E-state index contributed by atoms with van der Waals surface area (Å²) in [6.45, 7) is 4.32. The van der Waals surface area contributed by atoms with Crippen molar-refractivity contribution in [2.75, 3.05) is 38.1 Å². The van der Waals surface area contributed by atoms with Crippen LogP contribution in [-0.2, 0) is 13.1 Å². The van der Waals surface area contributed by atoms with Gasteiger partial charge in [0.15, 0.2) is 5.78 Å². The Kier molecular flexibility index (Phi) is 6.10. The minimum atomic E-state index is -0.442. The Morgan fingerprint density at radius 2 is 2.00 bits per heavy atom. The van der Waals surface area contributed by atoms with Crippen molar-refractivity contribution in [2.24, 2.45) is 4.99 Å². The number of carbonyl (C=O) groups excluding carboxylic acids is 1. The van der Waals surface area contributed by atoms with Gasteiger partial charge in [-0.25, -0.2) is 14.1 Å². The second-order valence-corrected chi connectivity index (χ2v) is 9.76. The number of hydrogen-bond donors (Lipinski definition) is 2. The number of Topliss-reactive ketones (excluding diaryl/α,β-unsaturated/α-hetero) is 1. The van der Waals surface area contributed by atoms with Gasteiger partial charge in [-0.05, 0) is 49.2 Å². The Hall–Kier alpha value is -3.43. The molecule has 2 atom stereocenters. The molecule has 4 heterocycles. The van der Waals surface area contributed by atoms with Crippen molar-refractivity contribution in [1.82, 2.24) is 19.7 Å². The van der Waals surface area contributed by atoms with Gasteiger partial charge in [0.25, 0.3) is 0 Å². The molecular weight excluding hydrogens is 459 g/mol. The number of rotatable bonds is 7. The zero-order valence-corrected chi connectivity index (χ0v) is 20.0. The maximum Gasteiger partial charge on any atom is 0.185 e. The second kappa shape index (κ2) is 9.55. The average Bonchev–Trinajstić information content (AvgIpc) is 3.25. The van der Waals surface area contributed by atoms with Gasteiger partial charge in [0.05, 0.1) is 11.6 Å². The summed E-state index contributed by atoms with van der Waals surface area (Å²) in [5.41, 5.74) is 4.73. The SMILES string of the molecule is O=C1CN=C2c3c(cc(F)cc31)NCC(c1ccc(CN3CCC3)cc1)C2c1ncnn1CCCO. The summed E-state index contributed by atoms with van der Waals surface area (Å²) in [7, 11) is 0. The average molecular weight is 489 g/mol. The number of ketones is 1. The number of aliphatic hydroxyl groups is 1. The fourth-order valence-corrected chi connectivity index (χ4v) is 5.53. The molecular formula is C27H29FN6O2. The third-order valence-corrected chi connectivity index (χ3v) is 7.48. The fourth-order valence-electron chi connectivity index (χ4n) is 5.53. The third kappa shape index (κ3) is 4.12. The Morgan fingerprint density at radius 1 is 1.17 bits per heavy atom. The highest BCUT2D eigenvalue weighted by Crippen LogP contribution is 2.42. The fraction of sp³-hybridized carbons (Fsp3) is 0.407. The molecule has 0 bridgehead atoms. The summed E-state index contributed by atoms with van der Waals surface area (Å²) >= 11 is 0. The largest absolute Gasteiger partial charge is 0.396 e. The number of nitrogens with one attached hydrogen (secondary N) is 1. The van der Waals surface area contributed by atoms with Crippen molar-refractivity contribution in [2.45, 2.75) is 37.8 Å². The maximum atomic E-state index is 14.5. The number of carbonyl (C=O) groups is 1. The van der Waals surface area contributed by atoms with Crippen molar-refractivity contribution in [3.05, 3.63) is 76.6 Å². The summed E-state index contributed by atoms with van der Waals surface area (Å²) in [5.74, 6) is -0.266. The summed E-state index contributed by atoms with van der Waals surface area (Å²) in [4.78, 5) is 24.5. The van der Waals surface area contributed by atoms with E-state index in [0.717, 1.165) is 36.7 Å². The number of aryl methyl sites for hydroxylation is 1. The molecule has 0 aliphatic carbocycles. The van der Waals surface area contributed by atoms with Crippen LogP contribution in [0.15, 0.2) is 47.7 Å². The van der Waals surface area contributed by atoms with E-state index in [0.29, 0.717) is 36.3 Å². The van der Waals surface area contributed by atoms with Gasteiger partial charge in [-0.3, -0.25) is 14.7 Å². The van der Waals surface area contributed by atoms with Crippen molar-refractivity contribution in [1.29, 1.82) is 0 Å². The first-order valence-electron chi connectivity index (χ1n) is 12.6. The summed E-state index contributed by atoms with van der Waals surface area (Å²) in [6, 6.07) is 11.4. The van der Waals surface area contributed by atoms with Gasteiger partial charge in [-0.1, -0.05) is 24.3 Å². The van der Waals surface area contributed by atoms with Crippen molar-refractivity contribution < 1.29 is 14.3 Å². The van der Waals surface area contributed by atoms with E-state index < -0.39 is 5.82 Å². The number of hydrogen-bond acceptors (Lipinski definition) is 7. The predicted molar refractivity (Wildman–Crippen MR) is 134 cm³/mol. The van der Waals surface area contributed by atoms with E-state index >= 15 is 0 Å². The van der Waals surface area contributed by atoms with E-state index in [1.54, 1.807) is 0 Å². The van der Waals surface area contributed by atoms with Crippen LogP contribution in [0.4, 0.5) is 10.1 Å². The van der Waals surface area contributed by atoms with Crippen LogP contribution < -0.4 is 5.32 Å². The molecule has 0 amide bonds. The standard InChI is InChI=1S/C27H29FN6O2/c28-19-11-20-23(36)14-30-26-24(20)22(12-19)29-13-21(25(26)27-31-16-32-34(27)9-2-10-35)18-5-3-17(4-6-18)15-33-7-1-8-33/h3-6,11-12,16,21,25,29,35H,1-2,7-10,13-15H2. The Labute approximate surface area is 208 Å². The number of aliphatic imine (C=N–C) groups is 1. The van der Waals surface area contributed by atoms with Gasteiger partial charge in [0, 0.05) is 49.0 Å². The Balaban J connectivity index is 1.45. The van der Waals surface area contributed by atoms with Crippen LogP contribution in [0.5, 0.6) is 0 Å². The zero-order chi connectivity index (χ0) is 24.6. The first-order valence-corrected chi connectivity index (χ1v) is 12.6. The lowest BCUT2D eigenvalue weighted by molar-refractivity contribution is 0.0999. The first-order chi connectivity index (χ1) is 17.6. The molecule has 186 valence electrons. The number of benzene rings is 2. The summed E-state index contributed by atoms with van der Waals surface area (Å²) in [5, 5.41) is 17.3. The van der Waals surface area contributed by atoms with Crippen LogP contribution in [0, 0.1) is 5.82 Å². The van der Waals surface area contributed by atoms with E-state index in [1.165, 1.54) is 30.4 Å². The molecule has 0 saturated carbocycles. The molecule has 1 saturated heterocycles. The normalized spacial score (nSPS) is 21.3. The molecule has 0 spiro atoms. The lowest BCUT2D eigenvalue weighted by Crippen LogP contribution is -2.36. The molecule has 6 rings (SSSR count). The molecule has 1 aromatic heterocycles. The quantitative estimate of drug-likeness (QED) is 0.531. The monoisotopic (exact) mass is 488 g/mol. The van der Waals surface area contributed by atoms with Gasteiger partial charge in [-0.2, -0.15) is 5.10 Å². The van der Waals surface area contributed by atoms with Crippen molar-refractivity contribution in [3.63, 3.8) is 0 Å². The molecule has 3 aliphatic heterocycles. The second-order valence-electron chi connectivity index (χ2n) is 9.76. The highest BCUT2D eigenvalue weighted by Gasteiger charge is 2.40. The van der Waals surface area contributed by atoms with E-state index in [9.17, 15) is 14.3 Å². The number of aliphatic hydroxyl groups excluding tert-OH is 1. The molecule has 2 N–H and O–H groups in total. The van der Waals surface area contributed by atoms with Gasteiger partial charge in [0.1, 0.15) is 24.5 Å². The molecule has 36 heavy (non-hydrogen) atoms. The molecule has 2 unspecified atom stereocenters. The lowest BCUT2D eigenvalue weighted by Gasteiger charge is -2.31. The predicted octanol–water partition coefficient (Wildman–Crippen LogP) is 2.98. The Bertz CT molecular complexity index is 1310. The van der Waals surface area contributed by atoms with Crippen molar-refractivity contribution >= 4 is 17.2 Å². The zero-order valence-electron chi connectivity index (χ0n) is 20.0. The molecule has 8 nitrogen and oxygen atoms in total. The van der Waals surface area contributed by atoms with Crippen LogP contribution in [0.25, 0.3) is 0 Å². The number of nitrogens with zero attached hydrogens (tertiary/aromatic N) is 5. The van der Waals surface area contributed by atoms with Crippen LogP contribution >= 0.6 is 0 Å². The highest BCUT2D eigenvalue weighted by molar-refractivity contribution is 6.20. The number of likely N-dealkylation sites (tertiary alicyclic amines) is 1. The first kappa shape index (κ1) is 23.0. The molecule has 9 heteroatoms. The lowest BCUT2D eigenvalue weighted by atomic mass is 9.78. The van der Waals surface area contributed by atoms with Gasteiger partial charge >= 0.3 is 0 Å². The molecule has 3 aliphatic rings. The van der Waals surface area contributed by atoms with Crippen LogP contribution in [0.3, 0.4) is 0 Å². The number of halogens is 1. The molecule has 1 fully saturated rings. The number of aromatic nitrogens is 3. The Morgan fingerprint density at radius 3 is 2.75 bits per heavy atom. The van der Waals surface area contributed by atoms with Crippen LogP contribution in [-0.4, -0.2) is 69.1 Å². The third-order valence-electron chi connectivity index (χ3n) is 7.48. The van der Waals surface area contributed by atoms with Crippen LogP contribution in [0.2, 0.25) is 0 Å². The summed E-state index contributed by atoms with van der Waals surface area (Å²) < 4.78 is 16.3. The smallest absolute Gasteiger partial charge is 0.185 e. The van der Waals surface area contributed by atoms with Gasteiger partial charge < -0.3 is 10.4 Å². The van der Waals surface area contributed by atoms with E-state index in [-0.39, 0.29) is 30.8 Å². The molecule has 3 aromatic rings. The molecule has 0 radical (unpaired) electrons. The highest BCUT2D eigenvalue weighted by atomic mass is 19.1. The van der Waals surface area contributed by atoms with E-state index in [2.05, 4.69) is 44.6 Å². The summed E-state index contributed by atoms with van der Waals surface area (Å²) in [6.07, 6.45) is 3.34. The molecule has 2 aromatic carbocycles. The van der Waals surface area contributed by atoms with Gasteiger partial charge in [-0.15, -0.1) is 0 Å². The van der Waals surface area contributed by atoms with E-state index in [4.69, 9.17) is 4.99 Å². The minimum Gasteiger partial charge on any atom is -0.396 e. The van der Waals surface area contributed by atoms with E-state index in [1.807, 2.05) is 4.68 Å². The topological polar surface area (TPSA) is 95.6 Å². The minimum absolute atomic E-state index is 0.0198.